The minimum atomic E-state index is -0.278. The zero-order valence-electron chi connectivity index (χ0n) is 17.1. The van der Waals surface area contributed by atoms with E-state index in [1.165, 1.54) is 23.1 Å². The van der Waals surface area contributed by atoms with E-state index in [0.29, 0.717) is 24.1 Å². The van der Waals surface area contributed by atoms with Gasteiger partial charge in [-0.05, 0) is 30.7 Å². The number of piperazine rings is 1. The molecule has 0 bridgehead atoms. The van der Waals surface area contributed by atoms with Crippen LogP contribution in [-0.4, -0.2) is 46.4 Å². The predicted molar refractivity (Wildman–Crippen MR) is 122 cm³/mol. The van der Waals surface area contributed by atoms with E-state index in [1.54, 1.807) is 12.1 Å². The van der Waals surface area contributed by atoms with Gasteiger partial charge >= 0.3 is 0 Å². The molecule has 2 aromatic carbocycles. The summed E-state index contributed by atoms with van der Waals surface area (Å²) in [4.78, 5) is 22.4. The highest BCUT2D eigenvalue weighted by molar-refractivity contribution is 7.15. The maximum absolute atomic E-state index is 14.1. The van der Waals surface area contributed by atoms with Gasteiger partial charge in [0, 0.05) is 61.1 Å². The number of rotatable bonds is 5. The number of halogens is 1. The third-order valence-corrected chi connectivity index (χ3v) is 6.67. The first-order valence-electron chi connectivity index (χ1n) is 10.5. The number of imidazole rings is 1. The number of fused-ring (bicyclic) bond motifs is 1. The molecule has 1 aliphatic rings. The molecule has 0 saturated carbocycles. The molecule has 0 atom stereocenters. The minimum absolute atomic E-state index is 0.182. The predicted octanol–water partition coefficient (Wildman–Crippen LogP) is 4.48. The van der Waals surface area contributed by atoms with Crippen LogP contribution in [-0.2, 0) is 11.2 Å². The highest BCUT2D eigenvalue weighted by atomic mass is 32.1. The molecule has 3 heterocycles. The summed E-state index contributed by atoms with van der Waals surface area (Å²) in [6, 6.07) is 17.0. The number of hydrogen-bond donors (Lipinski definition) is 0. The Labute approximate surface area is 184 Å². The van der Waals surface area contributed by atoms with Crippen molar-refractivity contribution >= 4 is 27.9 Å². The van der Waals surface area contributed by atoms with E-state index < -0.39 is 0 Å². The first kappa shape index (κ1) is 19.8. The maximum atomic E-state index is 14.1. The fourth-order valence-electron chi connectivity index (χ4n) is 4.05. The van der Waals surface area contributed by atoms with Crippen molar-refractivity contribution in [3.63, 3.8) is 0 Å². The van der Waals surface area contributed by atoms with Crippen molar-refractivity contribution in [3.05, 3.63) is 77.7 Å². The SMILES string of the molecule is O=C(CCc1csc2nc(-c3ccccc3F)cn12)N1CCN(c2ccccc2)CC1. The van der Waals surface area contributed by atoms with Crippen LogP contribution in [0.3, 0.4) is 0 Å². The molecule has 7 heteroatoms. The van der Waals surface area contributed by atoms with Crippen molar-refractivity contribution < 1.29 is 9.18 Å². The van der Waals surface area contributed by atoms with Crippen molar-refractivity contribution in [2.75, 3.05) is 31.1 Å². The molecule has 0 N–H and O–H groups in total. The van der Waals surface area contributed by atoms with E-state index in [4.69, 9.17) is 0 Å². The minimum Gasteiger partial charge on any atom is -0.368 e. The van der Waals surface area contributed by atoms with E-state index in [2.05, 4.69) is 22.0 Å². The van der Waals surface area contributed by atoms with Crippen molar-refractivity contribution in [3.8, 4) is 11.3 Å². The molecule has 5 rings (SSSR count). The number of thiazole rings is 1. The third-order valence-electron chi connectivity index (χ3n) is 5.78. The summed E-state index contributed by atoms with van der Waals surface area (Å²) >= 11 is 1.52. The van der Waals surface area contributed by atoms with Crippen LogP contribution in [0.2, 0.25) is 0 Å². The van der Waals surface area contributed by atoms with Crippen LogP contribution < -0.4 is 4.90 Å². The molecule has 1 saturated heterocycles. The van der Waals surface area contributed by atoms with E-state index >= 15 is 0 Å². The Morgan fingerprint density at radius 1 is 1.00 bits per heavy atom. The largest absolute Gasteiger partial charge is 0.368 e. The number of carbonyl (C=O) groups is 1. The van der Waals surface area contributed by atoms with Gasteiger partial charge in [-0.1, -0.05) is 30.3 Å². The normalized spacial score (nSPS) is 14.4. The number of nitrogens with zero attached hydrogens (tertiary/aromatic N) is 4. The molecule has 5 nitrogen and oxygen atoms in total. The molecule has 0 aliphatic carbocycles. The lowest BCUT2D eigenvalue weighted by Crippen LogP contribution is -2.48. The molecule has 4 aromatic rings. The number of anilines is 1. The highest BCUT2D eigenvalue weighted by Gasteiger charge is 2.21. The number of carbonyl (C=O) groups excluding carboxylic acids is 1. The second kappa shape index (κ2) is 8.51. The van der Waals surface area contributed by atoms with Gasteiger partial charge in [0.05, 0.1) is 5.69 Å². The Balaban J connectivity index is 1.21. The van der Waals surface area contributed by atoms with Crippen LogP contribution in [0.5, 0.6) is 0 Å². The first-order chi connectivity index (χ1) is 15.2. The van der Waals surface area contributed by atoms with Crippen LogP contribution in [0.1, 0.15) is 12.1 Å². The Bertz CT molecular complexity index is 1190. The van der Waals surface area contributed by atoms with E-state index in [-0.39, 0.29) is 11.7 Å². The summed E-state index contributed by atoms with van der Waals surface area (Å²) in [6.45, 7) is 3.20. The molecule has 0 unspecified atom stereocenters. The van der Waals surface area contributed by atoms with Gasteiger partial charge in [0.1, 0.15) is 5.82 Å². The van der Waals surface area contributed by atoms with Gasteiger partial charge in [-0.2, -0.15) is 0 Å². The summed E-state index contributed by atoms with van der Waals surface area (Å²) in [7, 11) is 0. The van der Waals surface area contributed by atoms with Crippen LogP contribution in [0.15, 0.2) is 66.2 Å². The number of aryl methyl sites for hydroxylation is 1. The topological polar surface area (TPSA) is 40.9 Å². The molecule has 1 amide bonds. The zero-order chi connectivity index (χ0) is 21.2. The lowest BCUT2D eigenvalue weighted by molar-refractivity contribution is -0.131. The summed E-state index contributed by atoms with van der Waals surface area (Å²) in [5.41, 5.74) is 3.36. The molecule has 1 fully saturated rings. The summed E-state index contributed by atoms with van der Waals surface area (Å²) in [5.74, 6) is -0.0962. The number of amides is 1. The molecule has 158 valence electrons. The first-order valence-corrected chi connectivity index (χ1v) is 11.3. The smallest absolute Gasteiger partial charge is 0.223 e. The van der Waals surface area contributed by atoms with Crippen molar-refractivity contribution in [2.45, 2.75) is 12.8 Å². The Morgan fingerprint density at radius 3 is 2.52 bits per heavy atom. The maximum Gasteiger partial charge on any atom is 0.223 e. The molecule has 0 radical (unpaired) electrons. The van der Waals surface area contributed by atoms with Crippen molar-refractivity contribution in [1.29, 1.82) is 0 Å². The Hall–Kier alpha value is -3.19. The second-order valence-electron chi connectivity index (χ2n) is 7.69. The molecule has 31 heavy (non-hydrogen) atoms. The lowest BCUT2D eigenvalue weighted by atomic mass is 10.1. The fraction of sp³-hybridized carbons (Fsp3) is 0.250. The number of aromatic nitrogens is 2. The number of benzene rings is 2. The lowest BCUT2D eigenvalue weighted by Gasteiger charge is -2.36. The van der Waals surface area contributed by atoms with Gasteiger partial charge in [0.15, 0.2) is 4.96 Å². The van der Waals surface area contributed by atoms with Gasteiger partial charge < -0.3 is 9.80 Å². The zero-order valence-corrected chi connectivity index (χ0v) is 17.9. The van der Waals surface area contributed by atoms with Gasteiger partial charge in [-0.15, -0.1) is 11.3 Å². The summed E-state index contributed by atoms with van der Waals surface area (Å²) in [5, 5.41) is 2.04. The molecular formula is C24H23FN4OS. The summed E-state index contributed by atoms with van der Waals surface area (Å²) in [6.07, 6.45) is 2.97. The molecule has 1 aliphatic heterocycles. The number of para-hydroxylation sites is 1. The highest BCUT2D eigenvalue weighted by Crippen LogP contribution is 2.26. The Morgan fingerprint density at radius 2 is 1.74 bits per heavy atom. The number of hydrogen-bond acceptors (Lipinski definition) is 4. The van der Waals surface area contributed by atoms with E-state index in [0.717, 1.165) is 36.8 Å². The van der Waals surface area contributed by atoms with Gasteiger partial charge in [0.2, 0.25) is 5.91 Å². The van der Waals surface area contributed by atoms with Crippen LogP contribution >= 0.6 is 11.3 Å². The molecule has 0 spiro atoms. The van der Waals surface area contributed by atoms with Gasteiger partial charge in [0.25, 0.3) is 0 Å². The van der Waals surface area contributed by atoms with E-state index in [1.807, 2.05) is 45.1 Å². The van der Waals surface area contributed by atoms with Crippen LogP contribution in [0, 0.1) is 5.82 Å². The monoisotopic (exact) mass is 434 g/mol. The van der Waals surface area contributed by atoms with Crippen LogP contribution in [0.25, 0.3) is 16.2 Å². The Kier molecular flexibility index (Phi) is 5.42. The van der Waals surface area contributed by atoms with E-state index in [9.17, 15) is 9.18 Å². The third kappa shape index (κ3) is 4.05. The molecule has 2 aromatic heterocycles. The average Bonchev–Trinajstić information content (AvgIpc) is 3.40. The van der Waals surface area contributed by atoms with Crippen molar-refractivity contribution in [1.82, 2.24) is 14.3 Å². The standard InChI is InChI=1S/C24H23FN4OS/c25-21-9-5-4-8-20(21)22-16-29-19(17-31-24(29)26-22)10-11-23(30)28-14-12-27(13-15-28)18-6-2-1-3-7-18/h1-9,16-17H,10-15H2. The van der Waals surface area contributed by atoms with Gasteiger partial charge in [-0.25, -0.2) is 9.37 Å². The average molecular weight is 435 g/mol. The van der Waals surface area contributed by atoms with Crippen LogP contribution in [0.4, 0.5) is 10.1 Å². The van der Waals surface area contributed by atoms with Crippen molar-refractivity contribution in [2.24, 2.45) is 0 Å². The fourth-order valence-corrected chi connectivity index (χ4v) is 4.96. The van der Waals surface area contributed by atoms with Gasteiger partial charge in [-0.3, -0.25) is 9.20 Å². The summed E-state index contributed by atoms with van der Waals surface area (Å²) < 4.78 is 16.1. The second-order valence-corrected chi connectivity index (χ2v) is 8.53. The quantitative estimate of drug-likeness (QED) is 0.465. The molecular weight excluding hydrogens is 411 g/mol.